The third-order valence-corrected chi connectivity index (χ3v) is 11.9. The Morgan fingerprint density at radius 2 is 1.83 bits per heavy atom. The molecule has 252 valence electrons. The number of nitrogens with zero attached hydrogens (tertiary/aromatic N) is 6. The molecule has 2 aliphatic heterocycles. The van der Waals surface area contributed by atoms with E-state index in [1.165, 1.54) is 4.90 Å². The van der Waals surface area contributed by atoms with Crippen molar-refractivity contribution in [1.29, 1.82) is 0 Å². The van der Waals surface area contributed by atoms with Crippen molar-refractivity contribution in [3.63, 3.8) is 0 Å². The van der Waals surface area contributed by atoms with Gasteiger partial charge in [0.05, 0.1) is 29.1 Å². The molecular formula is C33H40BrClN6O5S. The van der Waals surface area contributed by atoms with Gasteiger partial charge in [0.1, 0.15) is 11.6 Å². The van der Waals surface area contributed by atoms with Crippen LogP contribution in [0.1, 0.15) is 54.9 Å². The number of imidazole rings is 1. The highest BCUT2D eigenvalue weighted by Gasteiger charge is 2.45. The topological polar surface area (TPSA) is 118 Å². The van der Waals surface area contributed by atoms with Crippen LogP contribution < -0.4 is 0 Å². The number of halogens is 2. The number of carbonyl (C=O) groups is 2. The Kier molecular flexibility index (Phi) is 9.47. The number of benzene rings is 1. The van der Waals surface area contributed by atoms with Crippen molar-refractivity contribution in [2.24, 2.45) is 0 Å². The van der Waals surface area contributed by atoms with Crippen molar-refractivity contribution in [1.82, 2.24) is 29.2 Å². The number of rotatable bonds is 4. The number of hydrogen-bond acceptors (Lipinski definition) is 8. The first-order valence-corrected chi connectivity index (χ1v) is 18.7. The van der Waals surface area contributed by atoms with Crippen LogP contribution in [0.4, 0.5) is 4.79 Å². The van der Waals surface area contributed by atoms with Crippen molar-refractivity contribution < 1.29 is 22.7 Å². The zero-order valence-corrected chi connectivity index (χ0v) is 30.2. The lowest BCUT2D eigenvalue weighted by molar-refractivity contribution is -0.139. The second kappa shape index (κ2) is 13.1. The first-order chi connectivity index (χ1) is 22.2. The SMILES string of the molecule is Cc1cncn1C[C@H]1CN(C(=O)[C@H]2CN(C3c4ccc(Cl)cc4CCc4cc(Br)cnc43)CCN2C(=O)OC(C)(C)C)CCS1(=O)=O. The lowest BCUT2D eigenvalue weighted by Crippen LogP contribution is -2.64. The molecule has 2 saturated heterocycles. The molecule has 6 rings (SSSR count). The minimum Gasteiger partial charge on any atom is -0.444 e. The molecule has 2 fully saturated rings. The monoisotopic (exact) mass is 746 g/mol. The van der Waals surface area contributed by atoms with Crippen molar-refractivity contribution >= 4 is 49.4 Å². The molecule has 0 saturated carbocycles. The van der Waals surface area contributed by atoms with E-state index in [1.54, 1.807) is 49.0 Å². The van der Waals surface area contributed by atoms with Crippen LogP contribution in [0.2, 0.25) is 5.02 Å². The van der Waals surface area contributed by atoms with Crippen LogP contribution in [-0.2, 0) is 38.8 Å². The van der Waals surface area contributed by atoms with E-state index in [-0.39, 0.29) is 50.4 Å². The van der Waals surface area contributed by atoms with Crippen molar-refractivity contribution in [2.45, 2.75) is 70.0 Å². The van der Waals surface area contributed by atoms with E-state index in [9.17, 15) is 18.0 Å². The summed E-state index contributed by atoms with van der Waals surface area (Å²) >= 11 is 10.0. The molecule has 3 atom stereocenters. The molecule has 1 unspecified atom stereocenters. The molecular weight excluding hydrogens is 708 g/mol. The largest absolute Gasteiger partial charge is 0.444 e. The van der Waals surface area contributed by atoms with Crippen molar-refractivity contribution in [3.8, 4) is 0 Å². The highest BCUT2D eigenvalue weighted by molar-refractivity contribution is 9.10. The van der Waals surface area contributed by atoms with E-state index in [2.05, 4.69) is 31.9 Å². The van der Waals surface area contributed by atoms with Gasteiger partial charge in [-0.25, -0.2) is 18.2 Å². The van der Waals surface area contributed by atoms with Crippen LogP contribution in [0.3, 0.4) is 0 Å². The number of pyridine rings is 1. The number of aromatic nitrogens is 3. The molecule has 47 heavy (non-hydrogen) atoms. The van der Waals surface area contributed by atoms with E-state index in [4.69, 9.17) is 21.3 Å². The summed E-state index contributed by atoms with van der Waals surface area (Å²) in [6.45, 7) is 8.49. The summed E-state index contributed by atoms with van der Waals surface area (Å²) < 4.78 is 34.8. The number of aryl methyl sites for hydroxylation is 3. The van der Waals surface area contributed by atoms with Gasteiger partial charge in [-0.1, -0.05) is 17.7 Å². The minimum atomic E-state index is -3.45. The van der Waals surface area contributed by atoms with Crippen molar-refractivity contribution in [2.75, 3.05) is 38.5 Å². The summed E-state index contributed by atoms with van der Waals surface area (Å²) in [5.41, 5.74) is 4.28. The number of sulfone groups is 1. The molecule has 3 aromatic rings. The fourth-order valence-electron chi connectivity index (χ4n) is 6.81. The summed E-state index contributed by atoms with van der Waals surface area (Å²) in [5.74, 6) is -0.445. The van der Waals surface area contributed by atoms with Crippen LogP contribution in [-0.4, -0.2) is 105 Å². The average Bonchev–Trinajstić information content (AvgIpc) is 3.33. The van der Waals surface area contributed by atoms with Gasteiger partial charge in [0, 0.05) is 66.9 Å². The quantitative estimate of drug-likeness (QED) is 0.385. The van der Waals surface area contributed by atoms with Gasteiger partial charge >= 0.3 is 6.09 Å². The van der Waals surface area contributed by atoms with Gasteiger partial charge < -0.3 is 14.2 Å². The van der Waals surface area contributed by atoms with E-state index in [1.807, 2.05) is 25.1 Å². The normalized spacial score (nSPS) is 23.1. The first kappa shape index (κ1) is 33.9. The molecule has 2 aromatic heterocycles. The maximum absolute atomic E-state index is 14.5. The molecule has 11 nitrogen and oxygen atoms in total. The van der Waals surface area contributed by atoms with E-state index in [0.29, 0.717) is 11.6 Å². The van der Waals surface area contributed by atoms with Gasteiger partial charge in [0.15, 0.2) is 9.84 Å². The van der Waals surface area contributed by atoms with Crippen LogP contribution in [0.25, 0.3) is 0 Å². The van der Waals surface area contributed by atoms with Gasteiger partial charge in [0.25, 0.3) is 0 Å². The first-order valence-electron chi connectivity index (χ1n) is 15.8. The fourth-order valence-corrected chi connectivity index (χ4v) is 8.98. The van der Waals surface area contributed by atoms with Crippen LogP contribution in [0.15, 0.2) is 47.5 Å². The number of carbonyl (C=O) groups excluding carboxylic acids is 2. The molecule has 0 N–H and O–H groups in total. The summed E-state index contributed by atoms with van der Waals surface area (Å²) in [5, 5.41) is -0.137. The van der Waals surface area contributed by atoms with E-state index < -0.39 is 32.8 Å². The number of fused-ring (bicyclic) bond motifs is 2. The third-order valence-electron chi connectivity index (χ3n) is 9.19. The van der Waals surface area contributed by atoms with E-state index >= 15 is 0 Å². The lowest BCUT2D eigenvalue weighted by Gasteiger charge is -2.46. The Balaban J connectivity index is 1.35. The predicted octanol–water partition coefficient (Wildman–Crippen LogP) is 4.44. The average molecular weight is 748 g/mol. The number of piperazine rings is 1. The minimum absolute atomic E-state index is 0.0284. The van der Waals surface area contributed by atoms with Gasteiger partial charge in [-0.2, -0.15) is 0 Å². The van der Waals surface area contributed by atoms with Gasteiger partial charge in [-0.05, 0) is 91.4 Å². The molecule has 1 aliphatic carbocycles. The van der Waals surface area contributed by atoms with Crippen LogP contribution >= 0.6 is 27.5 Å². The summed E-state index contributed by atoms with van der Waals surface area (Å²) in [6, 6.07) is 6.85. The number of amides is 2. The molecule has 2 amide bonds. The molecule has 0 bridgehead atoms. The highest BCUT2D eigenvalue weighted by atomic mass is 79.9. The molecule has 14 heteroatoms. The Hall–Kier alpha value is -3.00. The van der Waals surface area contributed by atoms with Crippen LogP contribution in [0, 0.1) is 6.92 Å². The Morgan fingerprint density at radius 1 is 1.06 bits per heavy atom. The zero-order chi connectivity index (χ0) is 33.7. The number of hydrogen-bond donors (Lipinski definition) is 0. The van der Waals surface area contributed by atoms with Crippen LogP contribution in [0.5, 0.6) is 0 Å². The maximum Gasteiger partial charge on any atom is 0.411 e. The molecule has 0 spiro atoms. The Morgan fingerprint density at radius 3 is 2.55 bits per heavy atom. The lowest BCUT2D eigenvalue weighted by atomic mass is 9.95. The van der Waals surface area contributed by atoms with Gasteiger partial charge in [0.2, 0.25) is 5.91 Å². The summed E-state index contributed by atoms with van der Waals surface area (Å²) in [7, 11) is -3.45. The molecule has 1 aromatic carbocycles. The molecule has 4 heterocycles. The fraction of sp³-hybridized carbons (Fsp3) is 0.515. The Bertz CT molecular complexity index is 1740. The smallest absolute Gasteiger partial charge is 0.411 e. The summed E-state index contributed by atoms with van der Waals surface area (Å²) in [6.07, 6.45) is 6.09. The van der Waals surface area contributed by atoms with E-state index in [0.717, 1.165) is 45.4 Å². The number of ether oxygens (including phenoxy) is 1. The molecule has 0 radical (unpaired) electrons. The Labute approximate surface area is 289 Å². The standard InChI is InChI=1S/C33H40BrClN6O5S/c1-21-15-36-20-40(21)18-26-17-39(11-12-47(26,44)45)31(42)28-19-38(9-10-41(28)32(43)46-33(2,3)4)30-27-8-7-25(35)14-22(27)5-6-23-13-24(34)16-37-29(23)30/h7-8,13-16,20,26,28,30H,5-6,9-12,17-19H2,1-4H3/t26-,28-,30?/m1/s1. The van der Waals surface area contributed by atoms with Gasteiger partial charge in [-0.3, -0.25) is 19.6 Å². The molecule has 3 aliphatic rings. The maximum atomic E-state index is 14.5. The van der Waals surface area contributed by atoms with Gasteiger partial charge in [-0.15, -0.1) is 0 Å². The van der Waals surface area contributed by atoms with Crippen molar-refractivity contribution in [3.05, 3.63) is 80.6 Å². The highest BCUT2D eigenvalue weighted by Crippen LogP contribution is 2.39. The zero-order valence-electron chi connectivity index (χ0n) is 27.0. The second-order valence-electron chi connectivity index (χ2n) is 13.6. The third kappa shape index (κ3) is 7.23. The summed E-state index contributed by atoms with van der Waals surface area (Å²) in [4.78, 5) is 42.5. The second-order valence-corrected chi connectivity index (χ2v) is 17.3. The predicted molar refractivity (Wildman–Crippen MR) is 182 cm³/mol.